The molecule has 10 heteroatoms. The molecular formula is C24H25N7O3. The fourth-order valence-electron chi connectivity index (χ4n) is 3.45. The maximum atomic E-state index is 12.9. The van der Waals surface area contributed by atoms with Crippen LogP contribution in [0.2, 0.25) is 0 Å². The van der Waals surface area contributed by atoms with Crippen molar-refractivity contribution in [2.75, 3.05) is 19.0 Å². The van der Waals surface area contributed by atoms with Crippen LogP contribution in [-0.2, 0) is 13.6 Å². The molecule has 2 heterocycles. The van der Waals surface area contributed by atoms with Gasteiger partial charge in [-0.05, 0) is 42.0 Å². The van der Waals surface area contributed by atoms with Crippen molar-refractivity contribution in [2.45, 2.75) is 12.6 Å². The summed E-state index contributed by atoms with van der Waals surface area (Å²) in [5, 5.41) is 24.4. The van der Waals surface area contributed by atoms with Crippen molar-refractivity contribution in [3.05, 3.63) is 84.1 Å². The molecule has 174 valence electrons. The van der Waals surface area contributed by atoms with Gasteiger partial charge >= 0.3 is 0 Å². The quantitative estimate of drug-likeness (QED) is 0.348. The van der Waals surface area contributed by atoms with E-state index >= 15 is 0 Å². The van der Waals surface area contributed by atoms with Crippen LogP contribution in [0.1, 0.15) is 27.8 Å². The predicted molar refractivity (Wildman–Crippen MR) is 126 cm³/mol. The van der Waals surface area contributed by atoms with Crippen LogP contribution in [0, 0.1) is 0 Å². The highest BCUT2D eigenvalue weighted by Gasteiger charge is 2.16. The molecule has 0 aliphatic carbocycles. The number of ether oxygens (including phenoxy) is 1. The average molecular weight is 460 g/mol. The Morgan fingerprint density at radius 1 is 1.15 bits per heavy atom. The van der Waals surface area contributed by atoms with Crippen LogP contribution in [0.15, 0.2) is 67.1 Å². The Balaban J connectivity index is 1.43. The Bertz CT molecular complexity index is 1260. The molecule has 1 unspecified atom stereocenters. The highest BCUT2D eigenvalue weighted by Crippen LogP contribution is 2.20. The van der Waals surface area contributed by atoms with Crippen molar-refractivity contribution < 1.29 is 14.6 Å². The highest BCUT2D eigenvalue weighted by atomic mass is 16.5. The molecule has 0 radical (unpaired) electrons. The van der Waals surface area contributed by atoms with Gasteiger partial charge in [-0.1, -0.05) is 18.2 Å². The smallest absolute Gasteiger partial charge is 0.251 e. The molecule has 0 aliphatic heterocycles. The van der Waals surface area contributed by atoms with Crippen LogP contribution >= 0.6 is 0 Å². The molecule has 34 heavy (non-hydrogen) atoms. The Hall–Kier alpha value is -4.31. The largest absolute Gasteiger partial charge is 0.497 e. The lowest BCUT2D eigenvalue weighted by Crippen LogP contribution is -2.30. The average Bonchev–Trinajstić information content (AvgIpc) is 3.26. The van der Waals surface area contributed by atoms with Crippen molar-refractivity contribution in [3.8, 4) is 17.3 Å². The topological polar surface area (TPSA) is 127 Å². The SMILES string of the molecule is COc1cccc(C(CO)NC(=O)c2cccc(NCc3nnc(-c4ccncn4)n3C)c2)c1. The number of carbonyl (C=O) groups is 1. The second kappa shape index (κ2) is 10.5. The van der Waals surface area contributed by atoms with Crippen LogP contribution in [0.5, 0.6) is 5.75 Å². The van der Waals surface area contributed by atoms with Crippen molar-refractivity contribution in [1.82, 2.24) is 30.0 Å². The number of rotatable bonds is 9. The first-order valence-corrected chi connectivity index (χ1v) is 10.6. The molecule has 1 amide bonds. The molecule has 2 aromatic heterocycles. The van der Waals surface area contributed by atoms with Crippen molar-refractivity contribution in [3.63, 3.8) is 0 Å². The Morgan fingerprint density at radius 2 is 2.00 bits per heavy atom. The third-order valence-corrected chi connectivity index (χ3v) is 5.34. The van der Waals surface area contributed by atoms with E-state index in [-0.39, 0.29) is 12.5 Å². The minimum Gasteiger partial charge on any atom is -0.497 e. The van der Waals surface area contributed by atoms with Gasteiger partial charge in [0.25, 0.3) is 5.91 Å². The van der Waals surface area contributed by atoms with E-state index in [2.05, 4.69) is 30.8 Å². The summed E-state index contributed by atoms with van der Waals surface area (Å²) in [7, 11) is 3.44. The van der Waals surface area contributed by atoms with E-state index in [1.165, 1.54) is 6.33 Å². The predicted octanol–water partition coefficient (Wildman–Crippen LogP) is 2.36. The summed E-state index contributed by atoms with van der Waals surface area (Å²) in [6.45, 7) is 0.167. The fourth-order valence-corrected chi connectivity index (χ4v) is 3.45. The van der Waals surface area contributed by atoms with E-state index in [1.807, 2.05) is 35.9 Å². The van der Waals surface area contributed by atoms with Crippen LogP contribution in [0.4, 0.5) is 5.69 Å². The van der Waals surface area contributed by atoms with Crippen molar-refractivity contribution in [2.24, 2.45) is 7.05 Å². The number of amides is 1. The van der Waals surface area contributed by atoms with Gasteiger partial charge in [-0.2, -0.15) is 0 Å². The number of methoxy groups -OCH3 is 1. The first kappa shape index (κ1) is 22.9. The number of aliphatic hydroxyl groups is 1. The van der Waals surface area contributed by atoms with Crippen LogP contribution in [-0.4, -0.2) is 49.5 Å². The number of benzene rings is 2. The van der Waals surface area contributed by atoms with E-state index in [0.29, 0.717) is 35.2 Å². The molecular weight excluding hydrogens is 434 g/mol. The lowest BCUT2D eigenvalue weighted by atomic mass is 10.1. The normalized spacial score (nSPS) is 11.6. The zero-order valence-electron chi connectivity index (χ0n) is 18.8. The Labute approximate surface area is 196 Å². The second-order valence-corrected chi connectivity index (χ2v) is 7.51. The maximum absolute atomic E-state index is 12.9. The molecule has 0 spiro atoms. The van der Waals surface area contributed by atoms with Gasteiger partial charge in [0.05, 0.1) is 26.3 Å². The minimum absolute atomic E-state index is 0.238. The highest BCUT2D eigenvalue weighted by molar-refractivity contribution is 5.95. The van der Waals surface area contributed by atoms with Gasteiger partial charge in [-0.15, -0.1) is 10.2 Å². The number of nitrogens with one attached hydrogen (secondary N) is 2. The molecule has 0 saturated heterocycles. The second-order valence-electron chi connectivity index (χ2n) is 7.51. The maximum Gasteiger partial charge on any atom is 0.251 e. The summed E-state index contributed by atoms with van der Waals surface area (Å²) in [5.41, 5.74) is 2.66. The summed E-state index contributed by atoms with van der Waals surface area (Å²) in [6.07, 6.45) is 3.12. The lowest BCUT2D eigenvalue weighted by Gasteiger charge is -2.18. The third-order valence-electron chi connectivity index (χ3n) is 5.34. The van der Waals surface area contributed by atoms with Gasteiger partial charge < -0.3 is 25.0 Å². The van der Waals surface area contributed by atoms with Gasteiger partial charge in [0, 0.05) is 24.5 Å². The van der Waals surface area contributed by atoms with Crippen molar-refractivity contribution >= 4 is 11.6 Å². The number of hydrogen-bond acceptors (Lipinski definition) is 8. The summed E-state index contributed by atoms with van der Waals surface area (Å²) < 4.78 is 7.09. The molecule has 4 rings (SSSR count). The molecule has 0 bridgehead atoms. The van der Waals surface area contributed by atoms with Crippen LogP contribution in [0.3, 0.4) is 0 Å². The summed E-state index contributed by atoms with van der Waals surface area (Å²) in [6, 6.07) is 15.6. The Kier molecular flexibility index (Phi) is 7.09. The number of aromatic nitrogens is 5. The van der Waals surface area contributed by atoms with Crippen molar-refractivity contribution in [1.29, 1.82) is 0 Å². The van der Waals surface area contributed by atoms with Gasteiger partial charge in [-0.25, -0.2) is 9.97 Å². The van der Waals surface area contributed by atoms with E-state index in [0.717, 1.165) is 11.3 Å². The monoisotopic (exact) mass is 459 g/mol. The summed E-state index contributed by atoms with van der Waals surface area (Å²) >= 11 is 0. The zero-order valence-corrected chi connectivity index (χ0v) is 18.8. The molecule has 2 aromatic carbocycles. The molecule has 1 atom stereocenters. The summed E-state index contributed by atoms with van der Waals surface area (Å²) in [5.74, 6) is 1.71. The van der Waals surface area contributed by atoms with E-state index in [1.54, 1.807) is 43.6 Å². The number of anilines is 1. The summed E-state index contributed by atoms with van der Waals surface area (Å²) in [4.78, 5) is 21.0. The standard InChI is InChI=1S/C24H25N7O3/c1-31-22(29-30-23(31)20-9-10-25-15-27-20)13-26-18-7-3-6-17(11-18)24(33)28-21(14-32)16-5-4-8-19(12-16)34-2/h3-12,15,21,26,32H,13-14H2,1-2H3,(H,28,33). The van der Waals surface area contributed by atoms with Crippen LogP contribution in [0.25, 0.3) is 11.5 Å². The first-order valence-electron chi connectivity index (χ1n) is 10.6. The molecule has 10 nitrogen and oxygen atoms in total. The number of carbonyl (C=O) groups excluding carboxylic acids is 1. The van der Waals surface area contributed by atoms with Crippen LogP contribution < -0.4 is 15.4 Å². The Morgan fingerprint density at radius 3 is 2.76 bits per heavy atom. The van der Waals surface area contributed by atoms with E-state index < -0.39 is 6.04 Å². The van der Waals surface area contributed by atoms with Gasteiger partial charge in [0.15, 0.2) is 11.6 Å². The number of hydrogen-bond donors (Lipinski definition) is 3. The van der Waals surface area contributed by atoms with Gasteiger partial charge in [0.1, 0.15) is 17.8 Å². The van der Waals surface area contributed by atoms with Gasteiger partial charge in [-0.3, -0.25) is 4.79 Å². The molecule has 3 N–H and O–H groups in total. The number of aliphatic hydroxyl groups excluding tert-OH is 1. The molecule has 0 aliphatic rings. The van der Waals surface area contributed by atoms with E-state index in [9.17, 15) is 9.90 Å². The molecule has 0 fully saturated rings. The molecule has 0 saturated carbocycles. The molecule has 4 aromatic rings. The lowest BCUT2D eigenvalue weighted by molar-refractivity contribution is 0.0916. The fraction of sp³-hybridized carbons (Fsp3) is 0.208. The zero-order chi connectivity index (χ0) is 23.9. The minimum atomic E-state index is -0.557. The van der Waals surface area contributed by atoms with E-state index in [4.69, 9.17) is 4.74 Å². The third kappa shape index (κ3) is 5.18. The van der Waals surface area contributed by atoms with Gasteiger partial charge in [0.2, 0.25) is 0 Å². The number of nitrogens with zero attached hydrogens (tertiary/aromatic N) is 5. The first-order chi connectivity index (χ1) is 16.6.